The fourth-order valence-electron chi connectivity index (χ4n) is 2.73. The van der Waals surface area contributed by atoms with Crippen LogP contribution in [0, 0.1) is 5.92 Å². The predicted molar refractivity (Wildman–Crippen MR) is 110 cm³/mol. The summed E-state index contributed by atoms with van der Waals surface area (Å²) in [5.74, 6) is -0.475. The van der Waals surface area contributed by atoms with E-state index in [-0.39, 0.29) is 27.6 Å². The van der Waals surface area contributed by atoms with E-state index in [2.05, 4.69) is 16.0 Å². The topological polar surface area (TPSA) is 53.2 Å². The lowest BCUT2D eigenvalue weighted by molar-refractivity contribution is -0.137. The van der Waals surface area contributed by atoms with E-state index >= 15 is 0 Å². The van der Waals surface area contributed by atoms with Crippen molar-refractivity contribution in [3.8, 4) is 0 Å². The van der Waals surface area contributed by atoms with E-state index in [4.69, 9.17) is 58.6 Å². The van der Waals surface area contributed by atoms with Gasteiger partial charge in [0, 0.05) is 5.92 Å². The molecule has 1 atom stereocenters. The molecule has 0 radical (unpaired) electrons. The summed E-state index contributed by atoms with van der Waals surface area (Å²) in [6.45, 7) is 0. The summed E-state index contributed by atoms with van der Waals surface area (Å²) in [5.41, 5.74) is -0.992. The largest absolute Gasteiger partial charge is 0.416 e. The summed E-state index contributed by atoms with van der Waals surface area (Å²) in [5, 5.41) is 7.54. The highest BCUT2D eigenvalue weighted by Gasteiger charge is 2.37. The maximum absolute atomic E-state index is 12.9. The number of alkyl halides is 6. The highest BCUT2D eigenvalue weighted by molar-refractivity contribution is 7.80. The number of hydrogen-bond donors (Lipinski definition) is 3. The lowest BCUT2D eigenvalue weighted by Crippen LogP contribution is -2.57. The Labute approximate surface area is 185 Å². The number of halogens is 7. The lowest BCUT2D eigenvalue weighted by atomic mass is 10.1. The molecule has 1 amide bonds. The van der Waals surface area contributed by atoms with E-state index in [0.717, 1.165) is 43.9 Å². The van der Waals surface area contributed by atoms with Crippen LogP contribution in [0.25, 0.3) is 0 Å². The van der Waals surface area contributed by atoms with Crippen LogP contribution >= 0.6 is 58.6 Å². The molecule has 1 aliphatic carbocycles. The van der Waals surface area contributed by atoms with Gasteiger partial charge in [-0.2, -0.15) is 13.2 Å². The number of rotatable bonds is 4. The third kappa shape index (κ3) is 6.69. The van der Waals surface area contributed by atoms with Gasteiger partial charge in [-0.25, -0.2) is 0 Å². The lowest BCUT2D eigenvalue weighted by Gasteiger charge is -2.29. The molecule has 12 heteroatoms. The summed E-state index contributed by atoms with van der Waals surface area (Å²) in [6.07, 6.45) is -2.39. The normalized spacial score (nSPS) is 16.5. The van der Waals surface area contributed by atoms with Gasteiger partial charge in [-0.3, -0.25) is 4.79 Å². The van der Waals surface area contributed by atoms with Crippen molar-refractivity contribution < 1.29 is 18.0 Å². The molecule has 1 aromatic rings. The van der Waals surface area contributed by atoms with Crippen molar-refractivity contribution in [3.05, 3.63) is 28.8 Å². The number of hydrogen-bond acceptors (Lipinski definition) is 2. The second-order valence-corrected chi connectivity index (χ2v) is 9.44. The summed E-state index contributed by atoms with van der Waals surface area (Å²) < 4.78 is 36.7. The number of anilines is 1. The fraction of sp³-hybridized carbons (Fsp3) is 0.500. The monoisotopic (exact) mass is 495 g/mol. The van der Waals surface area contributed by atoms with Gasteiger partial charge in [-0.1, -0.05) is 59.2 Å². The molecule has 0 heterocycles. The second kappa shape index (κ2) is 9.43. The van der Waals surface area contributed by atoms with Crippen molar-refractivity contribution in [2.75, 3.05) is 5.32 Å². The van der Waals surface area contributed by atoms with Gasteiger partial charge in [0.25, 0.3) is 0 Å². The summed E-state index contributed by atoms with van der Waals surface area (Å²) in [6, 6.07) is 2.73. The van der Waals surface area contributed by atoms with Crippen molar-refractivity contribution in [1.29, 1.82) is 0 Å². The number of amides is 1. The SMILES string of the molecule is O=C(N[C@@H](NC(=S)Nc1cc(C(F)(F)F)ccc1Cl)C(Cl)(Cl)Cl)C1CCCC1. The average molecular weight is 497 g/mol. The molecule has 0 aliphatic heterocycles. The van der Waals surface area contributed by atoms with Crippen LogP contribution in [0.4, 0.5) is 18.9 Å². The number of carbonyl (C=O) groups excluding carboxylic acids is 1. The third-order valence-electron chi connectivity index (χ3n) is 4.16. The zero-order chi connectivity index (χ0) is 21.1. The molecule has 1 aliphatic rings. The standard InChI is InChI=1S/C16H16Cl4F3N3OS/c17-10-6-5-9(16(21,22)23)7-11(10)24-14(28)26-13(15(18,19)20)25-12(27)8-3-1-2-4-8/h5-8,13H,1-4H2,(H,25,27)(H2,24,26,28)/t13-/m0/s1. The Bertz CT molecular complexity index is 737. The van der Waals surface area contributed by atoms with Crippen LogP contribution in [-0.4, -0.2) is 21.0 Å². The smallest absolute Gasteiger partial charge is 0.339 e. The first-order valence-corrected chi connectivity index (χ1v) is 10.1. The average Bonchev–Trinajstić information content (AvgIpc) is 3.09. The van der Waals surface area contributed by atoms with Crippen molar-refractivity contribution in [3.63, 3.8) is 0 Å². The molecule has 0 aromatic heterocycles. The van der Waals surface area contributed by atoms with Crippen LogP contribution in [0.2, 0.25) is 5.02 Å². The molecule has 156 valence electrons. The van der Waals surface area contributed by atoms with Crippen molar-refractivity contribution in [1.82, 2.24) is 10.6 Å². The summed E-state index contributed by atoms with van der Waals surface area (Å²) in [4.78, 5) is 12.3. The van der Waals surface area contributed by atoms with Crippen LogP contribution in [0.3, 0.4) is 0 Å². The molecule has 1 saturated carbocycles. The van der Waals surface area contributed by atoms with Crippen LogP contribution < -0.4 is 16.0 Å². The van der Waals surface area contributed by atoms with Gasteiger partial charge in [0.05, 0.1) is 16.3 Å². The first-order chi connectivity index (χ1) is 12.9. The quantitative estimate of drug-likeness (QED) is 0.286. The van der Waals surface area contributed by atoms with Crippen LogP contribution in [-0.2, 0) is 11.0 Å². The Morgan fingerprint density at radius 3 is 2.29 bits per heavy atom. The molecular weight excluding hydrogens is 481 g/mol. The molecule has 0 saturated heterocycles. The first kappa shape index (κ1) is 23.6. The molecule has 3 N–H and O–H groups in total. The van der Waals surface area contributed by atoms with Crippen molar-refractivity contribution in [2.24, 2.45) is 5.92 Å². The second-order valence-electron chi connectivity index (χ2n) is 6.26. The van der Waals surface area contributed by atoms with Crippen LogP contribution in [0.5, 0.6) is 0 Å². The molecular formula is C16H16Cl4F3N3OS. The zero-order valence-corrected chi connectivity index (χ0v) is 18.0. The molecule has 2 rings (SSSR count). The molecule has 4 nitrogen and oxygen atoms in total. The minimum atomic E-state index is -4.55. The molecule has 0 unspecified atom stereocenters. The maximum Gasteiger partial charge on any atom is 0.416 e. The minimum absolute atomic E-state index is 0.0116. The third-order valence-corrected chi connectivity index (χ3v) is 5.36. The van der Waals surface area contributed by atoms with E-state index in [9.17, 15) is 18.0 Å². The van der Waals surface area contributed by atoms with Gasteiger partial charge in [-0.05, 0) is 43.3 Å². The van der Waals surface area contributed by atoms with Gasteiger partial charge >= 0.3 is 6.18 Å². The maximum atomic E-state index is 12.9. The van der Waals surface area contributed by atoms with E-state index in [0.29, 0.717) is 0 Å². The van der Waals surface area contributed by atoms with E-state index in [1.807, 2.05) is 0 Å². The molecule has 1 aromatic carbocycles. The number of thiocarbonyl (C=S) groups is 1. The van der Waals surface area contributed by atoms with Crippen molar-refractivity contribution in [2.45, 2.75) is 41.8 Å². The Hall–Kier alpha value is -0.670. The fourth-order valence-corrected chi connectivity index (χ4v) is 3.45. The van der Waals surface area contributed by atoms with Gasteiger partial charge in [0.15, 0.2) is 5.11 Å². The molecule has 0 spiro atoms. The summed E-state index contributed by atoms with van der Waals surface area (Å²) in [7, 11) is 0. The van der Waals surface area contributed by atoms with Crippen molar-refractivity contribution >= 4 is 75.3 Å². The molecule has 1 fully saturated rings. The molecule has 28 heavy (non-hydrogen) atoms. The highest BCUT2D eigenvalue weighted by Crippen LogP contribution is 2.34. The summed E-state index contributed by atoms with van der Waals surface area (Å²) >= 11 is 28.7. The Morgan fingerprint density at radius 1 is 1.14 bits per heavy atom. The minimum Gasteiger partial charge on any atom is -0.339 e. The Kier molecular flexibility index (Phi) is 7.95. The van der Waals surface area contributed by atoms with Gasteiger partial charge in [0.1, 0.15) is 6.17 Å². The van der Waals surface area contributed by atoms with Gasteiger partial charge < -0.3 is 16.0 Å². The Balaban J connectivity index is 2.08. The predicted octanol–water partition coefficient (Wildman–Crippen LogP) is 5.65. The van der Waals surface area contributed by atoms with Crippen LogP contribution in [0.15, 0.2) is 18.2 Å². The van der Waals surface area contributed by atoms with E-state index in [1.54, 1.807) is 0 Å². The Morgan fingerprint density at radius 2 is 1.75 bits per heavy atom. The zero-order valence-electron chi connectivity index (χ0n) is 14.2. The number of carbonyl (C=O) groups is 1. The van der Waals surface area contributed by atoms with E-state index < -0.39 is 21.7 Å². The van der Waals surface area contributed by atoms with Gasteiger partial charge in [-0.15, -0.1) is 0 Å². The number of benzene rings is 1. The number of nitrogens with one attached hydrogen (secondary N) is 3. The van der Waals surface area contributed by atoms with E-state index in [1.165, 1.54) is 0 Å². The highest BCUT2D eigenvalue weighted by atomic mass is 35.6. The molecule has 0 bridgehead atoms. The van der Waals surface area contributed by atoms with Gasteiger partial charge in [0.2, 0.25) is 9.70 Å². The first-order valence-electron chi connectivity index (χ1n) is 8.19. The van der Waals surface area contributed by atoms with Crippen LogP contribution in [0.1, 0.15) is 31.2 Å².